The van der Waals surface area contributed by atoms with E-state index < -0.39 is 0 Å². The Labute approximate surface area is 190 Å². The van der Waals surface area contributed by atoms with Crippen molar-refractivity contribution in [3.63, 3.8) is 0 Å². The molecule has 6 nitrogen and oxygen atoms in total. The van der Waals surface area contributed by atoms with Crippen molar-refractivity contribution in [2.24, 2.45) is 5.92 Å². The molecule has 0 saturated carbocycles. The van der Waals surface area contributed by atoms with Crippen molar-refractivity contribution in [2.45, 2.75) is 32.7 Å². The van der Waals surface area contributed by atoms with Crippen molar-refractivity contribution in [3.8, 4) is 5.75 Å². The van der Waals surface area contributed by atoms with Crippen LogP contribution in [0.4, 0.5) is 5.82 Å². The smallest absolute Gasteiger partial charge is 0.223 e. The molecule has 1 amide bonds. The van der Waals surface area contributed by atoms with Gasteiger partial charge in [-0.1, -0.05) is 37.6 Å². The fraction of sp³-hybridized carbons (Fsp3) is 0.500. The second-order valence-corrected chi connectivity index (χ2v) is 8.29. The van der Waals surface area contributed by atoms with E-state index in [9.17, 15) is 4.79 Å². The molecule has 0 spiro atoms. The maximum atomic E-state index is 12.9. The first-order valence-electron chi connectivity index (χ1n) is 11.1. The van der Waals surface area contributed by atoms with Crippen molar-refractivity contribution in [3.05, 3.63) is 53.2 Å². The molecule has 7 heteroatoms. The Balaban J connectivity index is 1.58. The minimum atomic E-state index is 0.0335. The molecule has 1 saturated heterocycles. The number of anilines is 1. The van der Waals surface area contributed by atoms with E-state index in [1.807, 2.05) is 24.3 Å². The summed E-state index contributed by atoms with van der Waals surface area (Å²) in [5.74, 6) is 1.93. The molecule has 1 aromatic carbocycles. The highest BCUT2D eigenvalue weighted by molar-refractivity contribution is 6.30. The molecule has 1 fully saturated rings. The summed E-state index contributed by atoms with van der Waals surface area (Å²) in [7, 11) is 1.68. The number of halogens is 1. The molecule has 0 radical (unpaired) electrons. The third kappa shape index (κ3) is 6.11. The van der Waals surface area contributed by atoms with Crippen molar-refractivity contribution in [2.75, 3.05) is 44.7 Å². The number of pyridine rings is 1. The molecule has 1 aromatic heterocycles. The van der Waals surface area contributed by atoms with Gasteiger partial charge in [0, 0.05) is 31.7 Å². The molecule has 2 aromatic rings. The van der Waals surface area contributed by atoms with Crippen LogP contribution < -0.4 is 15.0 Å². The van der Waals surface area contributed by atoms with E-state index in [0.29, 0.717) is 11.6 Å². The van der Waals surface area contributed by atoms with E-state index in [0.717, 1.165) is 56.2 Å². The van der Waals surface area contributed by atoms with Crippen LogP contribution >= 0.6 is 11.6 Å². The fourth-order valence-corrected chi connectivity index (χ4v) is 4.35. The Morgan fingerprint density at radius 2 is 2.00 bits per heavy atom. The molecular formula is C24H33ClN4O2. The van der Waals surface area contributed by atoms with E-state index >= 15 is 0 Å². The van der Waals surface area contributed by atoms with Crippen LogP contribution in [0.25, 0.3) is 0 Å². The lowest BCUT2D eigenvalue weighted by molar-refractivity contribution is -0.125. The van der Waals surface area contributed by atoms with E-state index in [4.69, 9.17) is 16.3 Å². The monoisotopic (exact) mass is 444 g/mol. The second-order valence-electron chi connectivity index (χ2n) is 7.85. The third-order valence-electron chi connectivity index (χ3n) is 6.10. The number of hydrogen-bond acceptors (Lipinski definition) is 5. The number of piperidine rings is 1. The third-order valence-corrected chi connectivity index (χ3v) is 6.33. The zero-order valence-corrected chi connectivity index (χ0v) is 19.4. The van der Waals surface area contributed by atoms with E-state index in [1.54, 1.807) is 13.3 Å². The van der Waals surface area contributed by atoms with Crippen LogP contribution in [0.1, 0.15) is 38.3 Å². The first-order chi connectivity index (χ1) is 15.0. The molecule has 1 aliphatic heterocycles. The van der Waals surface area contributed by atoms with Gasteiger partial charge in [-0.3, -0.25) is 9.69 Å². The molecule has 2 heterocycles. The van der Waals surface area contributed by atoms with Gasteiger partial charge in [0.25, 0.3) is 0 Å². The Morgan fingerprint density at radius 3 is 2.61 bits per heavy atom. The number of likely N-dealkylation sites (N-methyl/N-ethyl adjacent to an activating group) is 1. The minimum Gasteiger partial charge on any atom is -0.497 e. The summed E-state index contributed by atoms with van der Waals surface area (Å²) in [5.41, 5.74) is 1.16. The first kappa shape index (κ1) is 23.4. The maximum Gasteiger partial charge on any atom is 0.223 e. The van der Waals surface area contributed by atoms with Crippen molar-refractivity contribution >= 4 is 23.3 Å². The lowest BCUT2D eigenvalue weighted by Crippen LogP contribution is -2.43. The van der Waals surface area contributed by atoms with Gasteiger partial charge >= 0.3 is 0 Å². The SMILES string of the molecule is CCN(CC)C(CNC(=O)C1CCN(c2ccc(Cl)cn2)CC1)c1cccc(OC)c1. The average molecular weight is 445 g/mol. The minimum absolute atomic E-state index is 0.0335. The Hall–Kier alpha value is -2.31. The van der Waals surface area contributed by atoms with Gasteiger partial charge in [-0.05, 0) is 55.8 Å². The van der Waals surface area contributed by atoms with Gasteiger partial charge in [0.05, 0.1) is 18.2 Å². The Bertz CT molecular complexity index is 834. The number of benzene rings is 1. The summed E-state index contributed by atoms with van der Waals surface area (Å²) >= 11 is 5.94. The number of nitrogens with one attached hydrogen (secondary N) is 1. The van der Waals surface area contributed by atoms with Crippen molar-refractivity contribution in [1.29, 1.82) is 0 Å². The summed E-state index contributed by atoms with van der Waals surface area (Å²) in [6, 6.07) is 12.0. The molecule has 168 valence electrons. The average Bonchev–Trinajstić information content (AvgIpc) is 2.82. The van der Waals surface area contributed by atoms with Crippen LogP contribution in [0.5, 0.6) is 5.75 Å². The first-order valence-corrected chi connectivity index (χ1v) is 11.5. The van der Waals surface area contributed by atoms with Gasteiger partial charge in [0.15, 0.2) is 0 Å². The van der Waals surface area contributed by atoms with Gasteiger partial charge in [0.1, 0.15) is 11.6 Å². The fourth-order valence-electron chi connectivity index (χ4n) is 4.24. The number of carbonyl (C=O) groups is 1. The summed E-state index contributed by atoms with van der Waals surface area (Å²) in [6.45, 7) is 8.37. The number of aromatic nitrogens is 1. The van der Waals surface area contributed by atoms with Crippen LogP contribution in [0, 0.1) is 5.92 Å². The molecule has 1 N–H and O–H groups in total. The molecule has 3 rings (SSSR count). The predicted octanol–water partition coefficient (Wildman–Crippen LogP) is 4.16. The standard InChI is InChI=1S/C24H33ClN4O2/c1-4-28(5-2)22(19-7-6-8-21(15-19)31-3)17-27-24(30)18-11-13-29(14-12-18)23-10-9-20(25)16-26-23/h6-10,15-16,18,22H,4-5,11-14,17H2,1-3H3,(H,27,30). The quantitative estimate of drug-likeness (QED) is 0.629. The molecule has 0 bridgehead atoms. The number of methoxy groups -OCH3 is 1. The number of hydrogen-bond donors (Lipinski definition) is 1. The lowest BCUT2D eigenvalue weighted by Gasteiger charge is -2.33. The maximum absolute atomic E-state index is 12.9. The van der Waals surface area contributed by atoms with Crippen LogP contribution in [-0.2, 0) is 4.79 Å². The van der Waals surface area contributed by atoms with Crippen LogP contribution in [0.2, 0.25) is 5.02 Å². The number of carbonyl (C=O) groups excluding carboxylic acids is 1. The molecule has 1 aliphatic rings. The topological polar surface area (TPSA) is 57.7 Å². The van der Waals surface area contributed by atoms with Gasteiger partial charge in [-0.15, -0.1) is 0 Å². The number of amides is 1. The Kier molecular flexibility index (Phi) is 8.55. The normalized spacial score (nSPS) is 15.7. The van der Waals surface area contributed by atoms with E-state index in [2.05, 4.69) is 46.1 Å². The zero-order chi connectivity index (χ0) is 22.2. The number of ether oxygens (including phenoxy) is 1. The molecule has 0 aliphatic carbocycles. The predicted molar refractivity (Wildman–Crippen MR) is 126 cm³/mol. The number of rotatable bonds is 9. The summed E-state index contributed by atoms with van der Waals surface area (Å²) < 4.78 is 5.40. The van der Waals surface area contributed by atoms with Crippen molar-refractivity contribution in [1.82, 2.24) is 15.2 Å². The molecule has 1 unspecified atom stereocenters. The van der Waals surface area contributed by atoms with Gasteiger partial charge < -0.3 is 15.0 Å². The highest BCUT2D eigenvalue weighted by Gasteiger charge is 2.27. The summed E-state index contributed by atoms with van der Waals surface area (Å²) in [5, 5.41) is 3.86. The van der Waals surface area contributed by atoms with Crippen molar-refractivity contribution < 1.29 is 9.53 Å². The van der Waals surface area contributed by atoms with E-state index in [1.165, 1.54) is 0 Å². The van der Waals surface area contributed by atoms with Gasteiger partial charge in [-0.2, -0.15) is 0 Å². The highest BCUT2D eigenvalue weighted by atomic mass is 35.5. The second kappa shape index (κ2) is 11.3. The van der Waals surface area contributed by atoms with Crippen LogP contribution in [0.15, 0.2) is 42.6 Å². The zero-order valence-electron chi connectivity index (χ0n) is 18.7. The highest BCUT2D eigenvalue weighted by Crippen LogP contribution is 2.25. The van der Waals surface area contributed by atoms with E-state index in [-0.39, 0.29) is 17.9 Å². The largest absolute Gasteiger partial charge is 0.497 e. The van der Waals surface area contributed by atoms with Crippen LogP contribution in [0.3, 0.4) is 0 Å². The molecular weight excluding hydrogens is 412 g/mol. The number of nitrogens with zero attached hydrogens (tertiary/aromatic N) is 3. The molecule has 31 heavy (non-hydrogen) atoms. The summed E-state index contributed by atoms with van der Waals surface area (Å²) in [4.78, 5) is 21.9. The lowest BCUT2D eigenvalue weighted by atomic mass is 9.95. The Morgan fingerprint density at radius 1 is 1.26 bits per heavy atom. The molecule has 1 atom stereocenters. The van der Waals surface area contributed by atoms with Crippen LogP contribution in [-0.4, -0.2) is 55.6 Å². The van der Waals surface area contributed by atoms with Gasteiger partial charge in [0.2, 0.25) is 5.91 Å². The summed E-state index contributed by atoms with van der Waals surface area (Å²) in [6.07, 6.45) is 3.32. The van der Waals surface area contributed by atoms with Gasteiger partial charge in [-0.25, -0.2) is 4.98 Å².